The molecule has 6 heteroatoms. The van der Waals surface area contributed by atoms with Crippen LogP contribution in [0.5, 0.6) is 0 Å². The fraction of sp³-hybridized carbons (Fsp3) is 0.250. The van der Waals surface area contributed by atoms with Gasteiger partial charge in [-0.1, -0.05) is 37.6 Å². The smallest absolute Gasteiger partial charge is 0.230 e. The number of hydrogen-bond donors (Lipinski definition) is 1. The van der Waals surface area contributed by atoms with Gasteiger partial charge in [0.2, 0.25) is 5.91 Å². The summed E-state index contributed by atoms with van der Waals surface area (Å²) >= 11 is 7.80. The summed E-state index contributed by atoms with van der Waals surface area (Å²) in [4.78, 5) is 21.4. The van der Waals surface area contributed by atoms with Crippen LogP contribution in [-0.4, -0.2) is 15.9 Å². The number of aryl methyl sites for hydroxylation is 1. The molecular formula is C20H20ClN3OS. The Morgan fingerprint density at radius 1 is 1.19 bits per heavy atom. The normalized spacial score (nSPS) is 10.7. The van der Waals surface area contributed by atoms with Crippen molar-refractivity contribution in [1.82, 2.24) is 9.97 Å². The molecule has 2 aromatic heterocycles. The number of anilines is 1. The number of hydrogen-bond acceptors (Lipinski definition) is 4. The Labute approximate surface area is 162 Å². The fourth-order valence-electron chi connectivity index (χ4n) is 2.81. The Morgan fingerprint density at radius 3 is 2.73 bits per heavy atom. The number of thiazole rings is 1. The molecule has 0 aliphatic heterocycles. The minimum absolute atomic E-state index is 0.0884. The number of nitrogens with one attached hydrogen (secondary N) is 1. The molecule has 1 N–H and O–H groups in total. The van der Waals surface area contributed by atoms with Gasteiger partial charge in [0.25, 0.3) is 0 Å². The lowest BCUT2D eigenvalue weighted by Gasteiger charge is -2.15. The predicted octanol–water partition coefficient (Wildman–Crippen LogP) is 5.16. The van der Waals surface area contributed by atoms with Crippen molar-refractivity contribution in [3.05, 3.63) is 63.8 Å². The zero-order valence-electron chi connectivity index (χ0n) is 14.8. The minimum atomic E-state index is -0.0884. The monoisotopic (exact) mass is 385 g/mol. The zero-order valence-corrected chi connectivity index (χ0v) is 16.3. The molecule has 0 bridgehead atoms. The number of amides is 1. The van der Waals surface area contributed by atoms with E-state index in [-0.39, 0.29) is 12.3 Å². The van der Waals surface area contributed by atoms with E-state index in [1.54, 1.807) is 6.20 Å². The lowest BCUT2D eigenvalue weighted by atomic mass is 10.0. The molecule has 26 heavy (non-hydrogen) atoms. The third kappa shape index (κ3) is 4.11. The first-order valence-corrected chi connectivity index (χ1v) is 9.84. The van der Waals surface area contributed by atoms with Gasteiger partial charge in [0.1, 0.15) is 5.01 Å². The summed E-state index contributed by atoms with van der Waals surface area (Å²) in [5.74, 6) is -0.0884. The summed E-state index contributed by atoms with van der Waals surface area (Å²) in [5, 5.41) is 6.46. The maximum Gasteiger partial charge on any atom is 0.230 e. The van der Waals surface area contributed by atoms with Crippen LogP contribution in [0.25, 0.3) is 10.7 Å². The van der Waals surface area contributed by atoms with Gasteiger partial charge in [-0.05, 0) is 42.2 Å². The van der Waals surface area contributed by atoms with E-state index >= 15 is 0 Å². The number of benzene rings is 1. The van der Waals surface area contributed by atoms with E-state index in [0.29, 0.717) is 5.02 Å². The van der Waals surface area contributed by atoms with Crippen molar-refractivity contribution in [2.24, 2.45) is 0 Å². The van der Waals surface area contributed by atoms with E-state index in [9.17, 15) is 4.79 Å². The van der Waals surface area contributed by atoms with Crippen LogP contribution in [0.15, 0.2) is 41.9 Å². The fourth-order valence-corrected chi connectivity index (χ4v) is 3.90. The SMILES string of the molecule is CCc1ccc(Cl)c(CC)c1NC(=O)Cc1csc(-c2ccccn2)n1. The molecule has 0 fully saturated rings. The van der Waals surface area contributed by atoms with Gasteiger partial charge >= 0.3 is 0 Å². The molecule has 0 aliphatic rings. The molecule has 0 aliphatic carbocycles. The maximum absolute atomic E-state index is 12.6. The van der Waals surface area contributed by atoms with E-state index in [1.165, 1.54) is 11.3 Å². The van der Waals surface area contributed by atoms with Crippen LogP contribution in [0.1, 0.15) is 30.7 Å². The summed E-state index contributed by atoms with van der Waals surface area (Å²) < 4.78 is 0. The molecular weight excluding hydrogens is 366 g/mol. The third-order valence-electron chi connectivity index (χ3n) is 4.12. The van der Waals surface area contributed by atoms with Crippen molar-refractivity contribution in [2.75, 3.05) is 5.32 Å². The highest BCUT2D eigenvalue weighted by atomic mass is 35.5. The van der Waals surface area contributed by atoms with Crippen molar-refractivity contribution in [1.29, 1.82) is 0 Å². The Kier molecular flexibility index (Phi) is 6.01. The van der Waals surface area contributed by atoms with Gasteiger partial charge in [0, 0.05) is 22.3 Å². The largest absolute Gasteiger partial charge is 0.325 e. The number of carbonyl (C=O) groups excluding carboxylic acids is 1. The molecule has 0 unspecified atom stereocenters. The van der Waals surface area contributed by atoms with Crippen molar-refractivity contribution < 1.29 is 4.79 Å². The van der Waals surface area contributed by atoms with E-state index in [2.05, 4.69) is 22.2 Å². The number of rotatable bonds is 6. The molecule has 1 aromatic carbocycles. The molecule has 0 saturated carbocycles. The number of pyridine rings is 1. The zero-order chi connectivity index (χ0) is 18.5. The summed E-state index contributed by atoms with van der Waals surface area (Å²) in [6, 6.07) is 9.57. The van der Waals surface area contributed by atoms with Gasteiger partial charge in [-0.25, -0.2) is 4.98 Å². The highest BCUT2D eigenvalue weighted by molar-refractivity contribution is 7.13. The summed E-state index contributed by atoms with van der Waals surface area (Å²) in [6.07, 6.45) is 3.56. The van der Waals surface area contributed by atoms with Crippen LogP contribution >= 0.6 is 22.9 Å². The summed E-state index contributed by atoms with van der Waals surface area (Å²) in [5.41, 5.74) is 4.47. The molecule has 3 rings (SSSR count). The minimum Gasteiger partial charge on any atom is -0.325 e. The molecule has 0 radical (unpaired) electrons. The van der Waals surface area contributed by atoms with Crippen LogP contribution in [0, 0.1) is 0 Å². The Hall–Kier alpha value is -2.24. The highest BCUT2D eigenvalue weighted by Gasteiger charge is 2.15. The highest BCUT2D eigenvalue weighted by Crippen LogP contribution is 2.30. The standard InChI is InChI=1S/C20H20ClN3OS/c1-3-13-8-9-16(21)15(4-2)19(13)24-18(25)11-14-12-26-20(23-14)17-7-5-6-10-22-17/h5-10,12H,3-4,11H2,1-2H3,(H,24,25). The average molecular weight is 386 g/mol. The number of aromatic nitrogens is 2. The van der Waals surface area contributed by atoms with Crippen LogP contribution in [0.3, 0.4) is 0 Å². The van der Waals surface area contributed by atoms with Crippen LogP contribution in [0.4, 0.5) is 5.69 Å². The Bertz CT molecular complexity index is 909. The van der Waals surface area contributed by atoms with E-state index < -0.39 is 0 Å². The van der Waals surface area contributed by atoms with Gasteiger partial charge in [0.05, 0.1) is 17.8 Å². The predicted molar refractivity (Wildman–Crippen MR) is 108 cm³/mol. The van der Waals surface area contributed by atoms with Gasteiger partial charge in [-0.15, -0.1) is 11.3 Å². The van der Waals surface area contributed by atoms with E-state index in [4.69, 9.17) is 11.6 Å². The van der Waals surface area contributed by atoms with Gasteiger partial charge < -0.3 is 5.32 Å². The summed E-state index contributed by atoms with van der Waals surface area (Å²) in [7, 11) is 0. The van der Waals surface area contributed by atoms with Crippen molar-refractivity contribution in [3.63, 3.8) is 0 Å². The topological polar surface area (TPSA) is 54.9 Å². The van der Waals surface area contributed by atoms with Crippen molar-refractivity contribution in [2.45, 2.75) is 33.1 Å². The first kappa shape index (κ1) is 18.5. The van der Waals surface area contributed by atoms with E-state index in [0.717, 1.165) is 46.1 Å². The van der Waals surface area contributed by atoms with Crippen molar-refractivity contribution in [3.8, 4) is 10.7 Å². The molecule has 134 valence electrons. The molecule has 3 aromatic rings. The van der Waals surface area contributed by atoms with Crippen molar-refractivity contribution >= 4 is 34.5 Å². The first-order chi connectivity index (χ1) is 12.6. The number of nitrogens with zero attached hydrogens (tertiary/aromatic N) is 2. The van der Waals surface area contributed by atoms with Gasteiger partial charge in [0.15, 0.2) is 0 Å². The van der Waals surface area contributed by atoms with E-state index in [1.807, 2.05) is 42.6 Å². The Balaban J connectivity index is 1.76. The first-order valence-electron chi connectivity index (χ1n) is 8.58. The van der Waals surface area contributed by atoms with Crippen LogP contribution < -0.4 is 5.32 Å². The summed E-state index contributed by atoms with van der Waals surface area (Å²) in [6.45, 7) is 4.10. The second-order valence-corrected chi connectivity index (χ2v) is 7.12. The number of halogens is 1. The average Bonchev–Trinajstić information content (AvgIpc) is 3.11. The Morgan fingerprint density at radius 2 is 2.04 bits per heavy atom. The lowest BCUT2D eigenvalue weighted by molar-refractivity contribution is -0.115. The molecule has 0 saturated heterocycles. The molecule has 0 spiro atoms. The quantitative estimate of drug-likeness (QED) is 0.637. The van der Waals surface area contributed by atoms with Gasteiger partial charge in [-0.2, -0.15) is 0 Å². The number of carbonyl (C=O) groups is 1. The second kappa shape index (κ2) is 8.43. The van der Waals surface area contributed by atoms with Crippen LogP contribution in [0.2, 0.25) is 5.02 Å². The molecule has 2 heterocycles. The van der Waals surface area contributed by atoms with Gasteiger partial charge in [-0.3, -0.25) is 9.78 Å². The molecule has 4 nitrogen and oxygen atoms in total. The third-order valence-corrected chi connectivity index (χ3v) is 5.39. The second-order valence-electron chi connectivity index (χ2n) is 5.85. The molecule has 0 atom stereocenters. The maximum atomic E-state index is 12.6. The lowest BCUT2D eigenvalue weighted by Crippen LogP contribution is -2.17. The molecule has 1 amide bonds. The van der Waals surface area contributed by atoms with Crippen LogP contribution in [-0.2, 0) is 24.1 Å².